The Morgan fingerprint density at radius 2 is 2.31 bits per heavy atom. The molecule has 0 bridgehead atoms. The summed E-state index contributed by atoms with van der Waals surface area (Å²) in [5.74, 6) is 0.911. The highest BCUT2D eigenvalue weighted by molar-refractivity contribution is 9.10. The maximum atomic E-state index is 11.5. The second-order valence-electron chi connectivity index (χ2n) is 4.01. The van der Waals surface area contributed by atoms with E-state index in [0.29, 0.717) is 5.82 Å². The van der Waals surface area contributed by atoms with Crippen LogP contribution in [0.3, 0.4) is 0 Å². The smallest absolute Gasteiger partial charge is 0.228 e. The lowest BCUT2D eigenvalue weighted by Crippen LogP contribution is -2.13. The van der Waals surface area contributed by atoms with E-state index in [1.165, 1.54) is 0 Å². The van der Waals surface area contributed by atoms with Crippen LogP contribution in [0.1, 0.15) is 12.8 Å². The molecule has 1 amide bonds. The van der Waals surface area contributed by atoms with Gasteiger partial charge in [-0.2, -0.15) is 5.10 Å². The van der Waals surface area contributed by atoms with Crippen LogP contribution in [-0.4, -0.2) is 15.5 Å². The number of pyridine rings is 1. The fourth-order valence-corrected chi connectivity index (χ4v) is 1.95. The molecule has 0 aromatic carbocycles. The molecule has 2 aromatic heterocycles. The largest absolute Gasteiger partial charge is 0.309 e. The number of nitrogens with one attached hydrogen (secondary N) is 1. The Labute approximate surface area is 101 Å². The van der Waals surface area contributed by atoms with Crippen molar-refractivity contribution < 1.29 is 4.79 Å². The first-order valence-corrected chi connectivity index (χ1v) is 5.97. The van der Waals surface area contributed by atoms with Crippen LogP contribution in [0.2, 0.25) is 0 Å². The Kier molecular flexibility index (Phi) is 2.21. The number of carbonyl (C=O) groups excluding carboxylic acids is 1. The predicted octanol–water partition coefficient (Wildman–Crippen LogP) is 2.45. The molecule has 0 aliphatic heterocycles. The van der Waals surface area contributed by atoms with Gasteiger partial charge in [0.2, 0.25) is 5.91 Å². The van der Waals surface area contributed by atoms with E-state index in [1.807, 2.05) is 24.4 Å². The highest BCUT2D eigenvalue weighted by Gasteiger charge is 2.29. The summed E-state index contributed by atoms with van der Waals surface area (Å²) in [6, 6.07) is 5.73. The summed E-state index contributed by atoms with van der Waals surface area (Å²) >= 11 is 3.40. The van der Waals surface area contributed by atoms with Gasteiger partial charge in [0.05, 0.1) is 5.52 Å². The van der Waals surface area contributed by atoms with Crippen molar-refractivity contribution in [3.05, 3.63) is 28.9 Å². The molecule has 1 saturated carbocycles. The number of nitrogens with zero attached hydrogens (tertiary/aromatic N) is 2. The van der Waals surface area contributed by atoms with Gasteiger partial charge in [0.15, 0.2) is 5.82 Å². The van der Waals surface area contributed by atoms with Crippen LogP contribution < -0.4 is 5.32 Å². The summed E-state index contributed by atoms with van der Waals surface area (Å²) in [6.07, 6.45) is 3.86. The van der Waals surface area contributed by atoms with Crippen LogP contribution in [0.25, 0.3) is 5.52 Å². The minimum atomic E-state index is 0.0856. The van der Waals surface area contributed by atoms with E-state index in [1.54, 1.807) is 4.52 Å². The Hall–Kier alpha value is -1.36. The highest BCUT2D eigenvalue weighted by atomic mass is 79.9. The molecule has 0 saturated heterocycles. The van der Waals surface area contributed by atoms with Gasteiger partial charge in [-0.15, -0.1) is 0 Å². The van der Waals surface area contributed by atoms with Gasteiger partial charge in [-0.25, -0.2) is 4.52 Å². The van der Waals surface area contributed by atoms with Crippen molar-refractivity contribution in [2.24, 2.45) is 5.92 Å². The second kappa shape index (κ2) is 3.59. The number of amides is 1. The van der Waals surface area contributed by atoms with Crippen LogP contribution >= 0.6 is 15.9 Å². The number of hydrogen-bond donors (Lipinski definition) is 1. The topological polar surface area (TPSA) is 46.4 Å². The van der Waals surface area contributed by atoms with Crippen molar-refractivity contribution in [3.63, 3.8) is 0 Å². The van der Waals surface area contributed by atoms with E-state index >= 15 is 0 Å². The number of carbonyl (C=O) groups is 1. The molecule has 0 atom stereocenters. The summed E-state index contributed by atoms with van der Waals surface area (Å²) in [7, 11) is 0. The van der Waals surface area contributed by atoms with Crippen molar-refractivity contribution in [3.8, 4) is 0 Å². The summed E-state index contributed by atoms with van der Waals surface area (Å²) < 4.78 is 2.74. The van der Waals surface area contributed by atoms with E-state index in [0.717, 1.165) is 22.8 Å². The molecule has 2 aromatic rings. The summed E-state index contributed by atoms with van der Waals surface area (Å²) in [4.78, 5) is 11.5. The summed E-state index contributed by atoms with van der Waals surface area (Å²) in [5.41, 5.74) is 0.959. The molecule has 1 N–H and O–H groups in total. The lowest BCUT2D eigenvalue weighted by atomic mass is 10.4. The number of rotatable bonds is 2. The molecule has 1 fully saturated rings. The number of halogens is 1. The number of fused-ring (bicyclic) bond motifs is 1. The Balaban J connectivity index is 1.89. The zero-order valence-electron chi connectivity index (χ0n) is 8.48. The van der Waals surface area contributed by atoms with E-state index in [4.69, 9.17) is 0 Å². The minimum Gasteiger partial charge on any atom is -0.309 e. The van der Waals surface area contributed by atoms with E-state index in [2.05, 4.69) is 26.3 Å². The van der Waals surface area contributed by atoms with E-state index < -0.39 is 0 Å². The first-order valence-electron chi connectivity index (χ1n) is 5.18. The highest BCUT2D eigenvalue weighted by Crippen LogP contribution is 2.30. The molecule has 0 unspecified atom stereocenters. The Morgan fingerprint density at radius 3 is 3.06 bits per heavy atom. The lowest BCUT2D eigenvalue weighted by Gasteiger charge is -1.97. The first kappa shape index (κ1) is 9.84. The van der Waals surface area contributed by atoms with Gasteiger partial charge < -0.3 is 5.32 Å². The van der Waals surface area contributed by atoms with Crippen molar-refractivity contribution >= 4 is 33.2 Å². The van der Waals surface area contributed by atoms with Gasteiger partial charge in [0.1, 0.15) is 0 Å². The third kappa shape index (κ3) is 1.82. The predicted molar refractivity (Wildman–Crippen MR) is 64.2 cm³/mol. The van der Waals surface area contributed by atoms with Crippen LogP contribution in [0, 0.1) is 5.92 Å². The summed E-state index contributed by atoms with van der Waals surface area (Å²) in [5, 5.41) is 7.09. The molecule has 4 nitrogen and oxygen atoms in total. The molecule has 5 heteroatoms. The molecule has 16 heavy (non-hydrogen) atoms. The second-order valence-corrected chi connectivity index (χ2v) is 4.92. The molecule has 3 rings (SSSR count). The van der Waals surface area contributed by atoms with Gasteiger partial charge in [-0.3, -0.25) is 4.79 Å². The molecule has 1 aliphatic carbocycles. The Bertz CT molecular complexity index is 559. The molecule has 0 radical (unpaired) electrons. The van der Waals surface area contributed by atoms with Crippen LogP contribution in [0.15, 0.2) is 28.9 Å². The summed E-state index contributed by atoms with van der Waals surface area (Å²) in [6.45, 7) is 0. The minimum absolute atomic E-state index is 0.0856. The zero-order chi connectivity index (χ0) is 11.1. The first-order chi connectivity index (χ1) is 7.72. The standard InChI is InChI=1S/C11H10BrN3O/c12-8-3-4-15-9(5-8)6-10(14-15)13-11(16)7-1-2-7/h3-7H,1-2H2,(H,13,14,16). The molecule has 1 aliphatic rings. The average Bonchev–Trinajstić information content (AvgIpc) is 3.00. The number of hydrogen-bond acceptors (Lipinski definition) is 2. The van der Waals surface area contributed by atoms with Gasteiger partial charge in [-0.05, 0) is 25.0 Å². The van der Waals surface area contributed by atoms with E-state index in [-0.39, 0.29) is 11.8 Å². The van der Waals surface area contributed by atoms with E-state index in [9.17, 15) is 4.79 Å². The normalized spacial score (nSPS) is 15.3. The van der Waals surface area contributed by atoms with Gasteiger partial charge in [0, 0.05) is 22.7 Å². The third-order valence-corrected chi connectivity index (χ3v) is 3.12. The van der Waals surface area contributed by atoms with Crippen molar-refractivity contribution in [2.45, 2.75) is 12.8 Å². The molecule has 0 spiro atoms. The van der Waals surface area contributed by atoms with Crippen molar-refractivity contribution in [1.82, 2.24) is 9.61 Å². The SMILES string of the molecule is O=C(Nc1cc2cc(Br)ccn2n1)C1CC1. The van der Waals surface area contributed by atoms with Crippen LogP contribution in [-0.2, 0) is 4.79 Å². The monoisotopic (exact) mass is 279 g/mol. The molecule has 82 valence electrons. The molecule has 2 heterocycles. The lowest BCUT2D eigenvalue weighted by molar-refractivity contribution is -0.117. The quantitative estimate of drug-likeness (QED) is 0.918. The van der Waals surface area contributed by atoms with Crippen LogP contribution in [0.5, 0.6) is 0 Å². The molecular weight excluding hydrogens is 270 g/mol. The van der Waals surface area contributed by atoms with Gasteiger partial charge in [-0.1, -0.05) is 15.9 Å². The maximum absolute atomic E-state index is 11.5. The maximum Gasteiger partial charge on any atom is 0.228 e. The number of aromatic nitrogens is 2. The Morgan fingerprint density at radius 1 is 1.50 bits per heavy atom. The van der Waals surface area contributed by atoms with Gasteiger partial charge in [0.25, 0.3) is 0 Å². The van der Waals surface area contributed by atoms with Crippen molar-refractivity contribution in [1.29, 1.82) is 0 Å². The van der Waals surface area contributed by atoms with Crippen molar-refractivity contribution in [2.75, 3.05) is 5.32 Å². The number of anilines is 1. The average molecular weight is 280 g/mol. The fourth-order valence-electron chi connectivity index (χ4n) is 1.60. The zero-order valence-corrected chi connectivity index (χ0v) is 10.1. The third-order valence-electron chi connectivity index (χ3n) is 2.62. The molecular formula is C11H10BrN3O. The fraction of sp³-hybridized carbons (Fsp3) is 0.273. The van der Waals surface area contributed by atoms with Gasteiger partial charge >= 0.3 is 0 Å². The van der Waals surface area contributed by atoms with Crippen LogP contribution in [0.4, 0.5) is 5.82 Å².